The summed E-state index contributed by atoms with van der Waals surface area (Å²) >= 11 is 0. The molecule has 0 heterocycles. The summed E-state index contributed by atoms with van der Waals surface area (Å²) in [5, 5.41) is 0. The molecule has 0 radical (unpaired) electrons. The van der Waals surface area contributed by atoms with Gasteiger partial charge < -0.3 is 0 Å². The van der Waals surface area contributed by atoms with Gasteiger partial charge >= 0.3 is 0 Å². The summed E-state index contributed by atoms with van der Waals surface area (Å²) in [6.45, 7) is 11.1. The molecular weight excluding hydrogens is 208 g/mol. The molecule has 0 unspecified atom stereocenters. The smallest absolute Gasteiger partial charge is 0.133 e. The van der Waals surface area contributed by atoms with Gasteiger partial charge in [-0.1, -0.05) is 60.3 Å². The van der Waals surface area contributed by atoms with E-state index in [4.69, 9.17) is 0 Å². The van der Waals surface area contributed by atoms with E-state index in [0.29, 0.717) is 11.7 Å². The summed E-state index contributed by atoms with van der Waals surface area (Å²) in [4.78, 5) is 11.5. The lowest BCUT2D eigenvalue weighted by Gasteiger charge is -2.12. The highest BCUT2D eigenvalue weighted by Gasteiger charge is 2.07. The molecule has 0 rings (SSSR count). The molecule has 1 atom stereocenters. The molecule has 0 N–H and O–H groups in total. The van der Waals surface area contributed by atoms with Crippen LogP contribution >= 0.6 is 0 Å². The minimum absolute atomic E-state index is 0.453. The molecule has 0 aliphatic heterocycles. The highest BCUT2D eigenvalue weighted by molar-refractivity contribution is 5.78. The summed E-state index contributed by atoms with van der Waals surface area (Å²) in [5.74, 6) is 2.59. The number of Topliss-reactive ketones (excluding diaryl/α,β-unsaturated/α-hetero) is 1. The van der Waals surface area contributed by atoms with E-state index >= 15 is 0 Å². The van der Waals surface area contributed by atoms with E-state index in [1.807, 2.05) is 0 Å². The minimum Gasteiger partial charge on any atom is -0.300 e. The lowest BCUT2D eigenvalue weighted by atomic mass is 9.94. The number of hydrogen-bond acceptors (Lipinski definition) is 1. The second-order valence-electron chi connectivity index (χ2n) is 6.46. The van der Waals surface area contributed by atoms with Crippen molar-refractivity contribution < 1.29 is 4.79 Å². The highest BCUT2D eigenvalue weighted by atomic mass is 16.1. The van der Waals surface area contributed by atoms with Gasteiger partial charge in [-0.3, -0.25) is 4.79 Å². The van der Waals surface area contributed by atoms with Crippen molar-refractivity contribution in [3.05, 3.63) is 0 Å². The number of rotatable bonds is 10. The maximum Gasteiger partial charge on any atom is 0.133 e. The molecule has 0 aromatic heterocycles. The van der Waals surface area contributed by atoms with Gasteiger partial charge in [0.2, 0.25) is 0 Å². The van der Waals surface area contributed by atoms with E-state index in [1.165, 1.54) is 25.7 Å². The molecule has 0 amide bonds. The zero-order valence-electron chi connectivity index (χ0n) is 12.6. The molecule has 0 saturated carbocycles. The average Bonchev–Trinajstić information content (AvgIpc) is 2.15. The van der Waals surface area contributed by atoms with Crippen LogP contribution in [0.1, 0.15) is 79.6 Å². The molecule has 0 saturated heterocycles. The van der Waals surface area contributed by atoms with Crippen LogP contribution in [0.25, 0.3) is 0 Å². The van der Waals surface area contributed by atoms with E-state index < -0.39 is 0 Å². The fraction of sp³-hybridized carbons (Fsp3) is 0.938. The Kier molecular flexibility index (Phi) is 9.49. The van der Waals surface area contributed by atoms with Gasteiger partial charge in [0.15, 0.2) is 0 Å². The molecule has 0 spiro atoms. The van der Waals surface area contributed by atoms with Crippen molar-refractivity contribution >= 4 is 5.78 Å². The van der Waals surface area contributed by atoms with Crippen LogP contribution in [0.4, 0.5) is 0 Å². The van der Waals surface area contributed by atoms with Gasteiger partial charge in [-0.15, -0.1) is 0 Å². The molecule has 0 aliphatic rings. The van der Waals surface area contributed by atoms with Crippen molar-refractivity contribution in [1.82, 2.24) is 0 Å². The summed E-state index contributed by atoms with van der Waals surface area (Å²) < 4.78 is 0. The van der Waals surface area contributed by atoms with Crippen molar-refractivity contribution in [1.29, 1.82) is 0 Å². The summed E-state index contributed by atoms with van der Waals surface area (Å²) in [6, 6.07) is 0. The third kappa shape index (κ3) is 11.9. The zero-order valence-corrected chi connectivity index (χ0v) is 12.6. The fourth-order valence-corrected chi connectivity index (χ4v) is 2.22. The number of carbonyl (C=O) groups is 1. The molecule has 1 heteroatoms. The highest BCUT2D eigenvalue weighted by Crippen LogP contribution is 2.18. The van der Waals surface area contributed by atoms with E-state index in [9.17, 15) is 4.79 Å². The lowest BCUT2D eigenvalue weighted by Crippen LogP contribution is -2.04. The second kappa shape index (κ2) is 9.67. The predicted molar refractivity (Wildman–Crippen MR) is 76.2 cm³/mol. The number of ketones is 1. The van der Waals surface area contributed by atoms with Crippen LogP contribution in [0.3, 0.4) is 0 Å². The topological polar surface area (TPSA) is 17.1 Å². The summed E-state index contributed by atoms with van der Waals surface area (Å²) in [7, 11) is 0. The van der Waals surface area contributed by atoms with Gasteiger partial charge in [0.05, 0.1) is 0 Å². The second-order valence-corrected chi connectivity index (χ2v) is 6.46. The molecule has 0 aliphatic carbocycles. The Balaban J connectivity index is 3.44. The molecule has 102 valence electrons. The Labute approximate surface area is 108 Å². The molecule has 1 nitrogen and oxygen atoms in total. The first-order valence-electron chi connectivity index (χ1n) is 7.43. The normalized spacial score (nSPS) is 13.4. The summed E-state index contributed by atoms with van der Waals surface area (Å²) in [5.41, 5.74) is 0. The third-order valence-corrected chi connectivity index (χ3v) is 3.27. The van der Waals surface area contributed by atoms with Crippen LogP contribution in [0.15, 0.2) is 0 Å². The molecule has 17 heavy (non-hydrogen) atoms. The van der Waals surface area contributed by atoms with Crippen LogP contribution < -0.4 is 0 Å². The Morgan fingerprint density at radius 1 is 0.824 bits per heavy atom. The van der Waals surface area contributed by atoms with Crippen LogP contribution in [0.2, 0.25) is 0 Å². The van der Waals surface area contributed by atoms with Gasteiger partial charge in [0.1, 0.15) is 5.78 Å². The van der Waals surface area contributed by atoms with Crippen LogP contribution in [0, 0.1) is 17.8 Å². The quantitative estimate of drug-likeness (QED) is 0.510. The van der Waals surface area contributed by atoms with Crippen molar-refractivity contribution in [3.8, 4) is 0 Å². The number of hydrogen-bond donors (Lipinski definition) is 0. The third-order valence-electron chi connectivity index (χ3n) is 3.27. The van der Waals surface area contributed by atoms with Crippen LogP contribution in [0.5, 0.6) is 0 Å². The first kappa shape index (κ1) is 16.7. The summed E-state index contributed by atoms with van der Waals surface area (Å²) in [6.07, 6.45) is 7.90. The SMILES string of the molecule is CC(C)CCC[C@H](C)CCCC(=O)CC(C)C. The van der Waals surface area contributed by atoms with Crippen molar-refractivity contribution in [2.45, 2.75) is 79.6 Å². The Hall–Kier alpha value is -0.330. The predicted octanol–water partition coefficient (Wildman–Crippen LogP) is 5.23. The fourth-order valence-electron chi connectivity index (χ4n) is 2.22. The monoisotopic (exact) mass is 240 g/mol. The van der Waals surface area contributed by atoms with Gasteiger partial charge in [-0.25, -0.2) is 0 Å². The van der Waals surface area contributed by atoms with Gasteiger partial charge in [0, 0.05) is 12.8 Å². The Bertz CT molecular complexity index is 194. The first-order valence-corrected chi connectivity index (χ1v) is 7.43. The van der Waals surface area contributed by atoms with Crippen LogP contribution in [-0.2, 0) is 4.79 Å². The van der Waals surface area contributed by atoms with E-state index in [1.54, 1.807) is 0 Å². The van der Waals surface area contributed by atoms with Gasteiger partial charge in [0.25, 0.3) is 0 Å². The van der Waals surface area contributed by atoms with Gasteiger partial charge in [-0.2, -0.15) is 0 Å². The van der Waals surface area contributed by atoms with E-state index in [0.717, 1.165) is 31.1 Å². The van der Waals surface area contributed by atoms with E-state index in [-0.39, 0.29) is 0 Å². The maximum absolute atomic E-state index is 11.5. The minimum atomic E-state index is 0.453. The largest absolute Gasteiger partial charge is 0.300 e. The van der Waals surface area contributed by atoms with Crippen molar-refractivity contribution in [2.24, 2.45) is 17.8 Å². The first-order chi connectivity index (χ1) is 7.91. The van der Waals surface area contributed by atoms with Gasteiger partial charge in [-0.05, 0) is 24.2 Å². The number of carbonyl (C=O) groups excluding carboxylic acids is 1. The Morgan fingerprint density at radius 2 is 1.41 bits per heavy atom. The van der Waals surface area contributed by atoms with E-state index in [2.05, 4.69) is 34.6 Å². The molecule has 0 aromatic rings. The Morgan fingerprint density at radius 3 is 1.94 bits per heavy atom. The van der Waals surface area contributed by atoms with Crippen molar-refractivity contribution in [2.75, 3.05) is 0 Å². The van der Waals surface area contributed by atoms with Crippen LogP contribution in [-0.4, -0.2) is 5.78 Å². The maximum atomic E-state index is 11.5. The lowest BCUT2D eigenvalue weighted by molar-refractivity contribution is -0.119. The molecule has 0 fully saturated rings. The average molecular weight is 240 g/mol. The van der Waals surface area contributed by atoms with Crippen molar-refractivity contribution in [3.63, 3.8) is 0 Å². The zero-order chi connectivity index (χ0) is 13.3. The molecule has 0 bridgehead atoms. The standard InChI is InChI=1S/C16H32O/c1-13(2)8-6-9-15(5)10-7-11-16(17)12-14(3)4/h13-15H,6-12H2,1-5H3/t15-/m0/s1. The molecular formula is C16H32O. The molecule has 0 aromatic carbocycles.